The number of halogens is 2. The predicted octanol–water partition coefficient (Wildman–Crippen LogP) is 6.34. The van der Waals surface area contributed by atoms with E-state index in [4.69, 9.17) is 23.2 Å². The summed E-state index contributed by atoms with van der Waals surface area (Å²) in [6.07, 6.45) is 5.26. The summed E-state index contributed by atoms with van der Waals surface area (Å²) >= 11 is 14.0. The minimum atomic E-state index is 0.109. The summed E-state index contributed by atoms with van der Waals surface area (Å²) in [5.74, 6) is 1.70. The van der Waals surface area contributed by atoms with Gasteiger partial charge < -0.3 is 5.32 Å². The maximum Gasteiger partial charge on any atom is 0.220 e. The Kier molecular flexibility index (Phi) is 9.90. The maximum atomic E-state index is 12.0. The highest BCUT2D eigenvalue weighted by molar-refractivity contribution is 7.99. The Morgan fingerprint density at radius 3 is 2.59 bits per heavy atom. The van der Waals surface area contributed by atoms with Crippen molar-refractivity contribution in [2.75, 3.05) is 12.3 Å². The molecule has 170 valence electrons. The Morgan fingerprint density at radius 2 is 1.84 bits per heavy atom. The quantitative estimate of drug-likeness (QED) is 0.237. The van der Waals surface area contributed by atoms with E-state index in [0.29, 0.717) is 22.9 Å². The van der Waals surface area contributed by atoms with Crippen molar-refractivity contribution in [3.8, 4) is 5.69 Å². The van der Waals surface area contributed by atoms with Gasteiger partial charge in [-0.3, -0.25) is 9.36 Å². The largest absolute Gasteiger partial charge is 0.356 e. The Hall–Kier alpha value is -2.02. The van der Waals surface area contributed by atoms with E-state index in [0.717, 1.165) is 60.2 Å². The van der Waals surface area contributed by atoms with E-state index in [2.05, 4.69) is 34.6 Å². The second kappa shape index (κ2) is 12.9. The van der Waals surface area contributed by atoms with Gasteiger partial charge in [0.05, 0.1) is 15.7 Å². The zero-order valence-electron chi connectivity index (χ0n) is 18.2. The van der Waals surface area contributed by atoms with Gasteiger partial charge in [0.2, 0.25) is 5.91 Å². The topological polar surface area (TPSA) is 59.8 Å². The lowest BCUT2D eigenvalue weighted by Gasteiger charge is -2.11. The highest BCUT2D eigenvalue weighted by Gasteiger charge is 2.16. The molecule has 1 heterocycles. The number of aromatic nitrogens is 3. The molecule has 5 nitrogen and oxygen atoms in total. The van der Waals surface area contributed by atoms with Gasteiger partial charge >= 0.3 is 0 Å². The molecule has 0 unspecified atom stereocenters. The van der Waals surface area contributed by atoms with Crippen LogP contribution in [0.15, 0.2) is 53.7 Å². The molecule has 0 aliphatic rings. The Balaban J connectivity index is 1.67. The van der Waals surface area contributed by atoms with Crippen molar-refractivity contribution in [3.05, 3.63) is 70.0 Å². The van der Waals surface area contributed by atoms with E-state index >= 15 is 0 Å². The fraction of sp³-hybridized carbons (Fsp3) is 0.375. The minimum absolute atomic E-state index is 0.109. The molecule has 0 saturated heterocycles. The minimum Gasteiger partial charge on any atom is -0.356 e. The first-order chi connectivity index (χ1) is 15.6. The van der Waals surface area contributed by atoms with Crippen LogP contribution in [0.4, 0.5) is 0 Å². The summed E-state index contributed by atoms with van der Waals surface area (Å²) in [5.41, 5.74) is 2.02. The molecule has 1 N–H and O–H groups in total. The van der Waals surface area contributed by atoms with E-state index in [9.17, 15) is 4.79 Å². The van der Waals surface area contributed by atoms with Crippen LogP contribution in [0.2, 0.25) is 10.0 Å². The third-order valence-electron chi connectivity index (χ3n) is 4.95. The second-order valence-corrected chi connectivity index (χ2v) is 9.38. The number of hydrogen-bond donors (Lipinski definition) is 1. The molecule has 0 bridgehead atoms. The molecule has 1 amide bonds. The van der Waals surface area contributed by atoms with Crippen molar-refractivity contribution in [2.24, 2.45) is 0 Å². The Bertz CT molecular complexity index is 1010. The molecule has 0 radical (unpaired) electrons. The summed E-state index contributed by atoms with van der Waals surface area (Å²) < 4.78 is 2.02. The third kappa shape index (κ3) is 7.26. The number of carbonyl (C=O) groups excluding carboxylic acids is 1. The average Bonchev–Trinajstić information content (AvgIpc) is 3.19. The van der Waals surface area contributed by atoms with Crippen molar-refractivity contribution in [1.82, 2.24) is 20.1 Å². The van der Waals surface area contributed by atoms with Crippen LogP contribution in [0.3, 0.4) is 0 Å². The van der Waals surface area contributed by atoms with Crippen LogP contribution in [0, 0.1) is 0 Å². The highest BCUT2D eigenvalue weighted by Crippen LogP contribution is 2.29. The van der Waals surface area contributed by atoms with Crippen LogP contribution in [-0.2, 0) is 11.2 Å². The lowest BCUT2D eigenvalue weighted by molar-refractivity contribution is -0.121. The number of rotatable bonds is 12. The van der Waals surface area contributed by atoms with E-state index < -0.39 is 0 Å². The fourth-order valence-electron chi connectivity index (χ4n) is 3.26. The molecule has 8 heteroatoms. The van der Waals surface area contributed by atoms with Crippen molar-refractivity contribution in [2.45, 2.75) is 50.6 Å². The van der Waals surface area contributed by atoms with Crippen LogP contribution in [0.1, 0.15) is 50.4 Å². The first-order valence-electron chi connectivity index (χ1n) is 10.9. The summed E-state index contributed by atoms with van der Waals surface area (Å²) in [4.78, 5) is 12.0. The smallest absolute Gasteiger partial charge is 0.220 e. The van der Waals surface area contributed by atoms with Crippen molar-refractivity contribution < 1.29 is 4.79 Å². The Morgan fingerprint density at radius 1 is 1.03 bits per heavy atom. The summed E-state index contributed by atoms with van der Waals surface area (Å²) in [7, 11) is 0. The lowest BCUT2D eigenvalue weighted by Crippen LogP contribution is -2.24. The second-order valence-electron chi connectivity index (χ2n) is 7.50. The normalized spacial score (nSPS) is 11.0. The van der Waals surface area contributed by atoms with E-state index in [-0.39, 0.29) is 5.91 Å². The number of nitrogens with zero attached hydrogens (tertiary/aromatic N) is 3. The van der Waals surface area contributed by atoms with Gasteiger partial charge in [-0.25, -0.2) is 0 Å². The van der Waals surface area contributed by atoms with Gasteiger partial charge in [-0.1, -0.05) is 85.1 Å². The first-order valence-corrected chi connectivity index (χ1v) is 12.7. The number of benzene rings is 2. The molecular formula is C24H28Cl2N4OS. The third-order valence-corrected chi connectivity index (χ3v) is 6.70. The van der Waals surface area contributed by atoms with Crippen LogP contribution in [0.25, 0.3) is 5.69 Å². The van der Waals surface area contributed by atoms with Crippen molar-refractivity contribution in [3.63, 3.8) is 0 Å². The van der Waals surface area contributed by atoms with Crippen LogP contribution >= 0.6 is 35.0 Å². The summed E-state index contributed by atoms with van der Waals surface area (Å²) in [6, 6.07) is 15.7. The average molecular weight is 491 g/mol. The molecular weight excluding hydrogens is 463 g/mol. The molecule has 2 aromatic carbocycles. The van der Waals surface area contributed by atoms with Gasteiger partial charge in [-0.2, -0.15) is 0 Å². The van der Waals surface area contributed by atoms with Crippen LogP contribution in [-0.4, -0.2) is 33.0 Å². The maximum absolute atomic E-state index is 12.0. The monoisotopic (exact) mass is 490 g/mol. The van der Waals surface area contributed by atoms with E-state index in [1.54, 1.807) is 17.8 Å². The molecule has 0 aliphatic heterocycles. The molecule has 1 aromatic heterocycles. The molecule has 0 atom stereocenters. The molecule has 3 aromatic rings. The zero-order chi connectivity index (χ0) is 22.8. The molecule has 0 spiro atoms. The Labute approximate surface area is 203 Å². The lowest BCUT2D eigenvalue weighted by atomic mass is 10.1. The number of carbonyl (C=O) groups is 1. The van der Waals surface area contributed by atoms with Crippen LogP contribution in [0.5, 0.6) is 0 Å². The zero-order valence-corrected chi connectivity index (χ0v) is 20.5. The molecule has 0 saturated carbocycles. The van der Waals surface area contributed by atoms with E-state index in [1.165, 1.54) is 0 Å². The van der Waals surface area contributed by atoms with Gasteiger partial charge in [0.1, 0.15) is 5.82 Å². The highest BCUT2D eigenvalue weighted by atomic mass is 35.5. The fourth-order valence-corrected chi connectivity index (χ4v) is 4.46. The van der Waals surface area contributed by atoms with Crippen molar-refractivity contribution >= 4 is 40.9 Å². The molecule has 3 rings (SSSR count). The molecule has 0 aliphatic carbocycles. The van der Waals surface area contributed by atoms with Gasteiger partial charge in [-0.05, 0) is 36.6 Å². The SMILES string of the molecule is CCCCCNC(=O)CCCSc1nnc(Cc2ccccc2)n1-c1ccc(Cl)c(Cl)c1. The van der Waals surface area contributed by atoms with Gasteiger partial charge in [0.15, 0.2) is 5.16 Å². The van der Waals surface area contributed by atoms with Crippen LogP contribution < -0.4 is 5.32 Å². The van der Waals surface area contributed by atoms with E-state index in [1.807, 2.05) is 34.9 Å². The first kappa shape index (κ1) is 24.6. The van der Waals surface area contributed by atoms with Gasteiger partial charge in [0.25, 0.3) is 0 Å². The van der Waals surface area contributed by atoms with Crippen molar-refractivity contribution in [1.29, 1.82) is 0 Å². The number of hydrogen-bond acceptors (Lipinski definition) is 4. The molecule has 32 heavy (non-hydrogen) atoms. The summed E-state index contributed by atoms with van der Waals surface area (Å²) in [6.45, 7) is 2.91. The number of nitrogens with one attached hydrogen (secondary N) is 1. The van der Waals surface area contributed by atoms with Gasteiger partial charge in [0, 0.05) is 25.1 Å². The number of amides is 1. The standard InChI is InChI=1S/C24H28Cl2N4OS/c1-2-3-7-14-27-23(31)11-8-15-32-24-29-28-22(16-18-9-5-4-6-10-18)30(24)19-12-13-20(25)21(26)17-19/h4-6,9-10,12-13,17H,2-3,7-8,11,14-16H2,1H3,(H,27,31). The van der Waals surface area contributed by atoms with Gasteiger partial charge in [-0.15, -0.1) is 10.2 Å². The number of thioether (sulfide) groups is 1. The molecule has 0 fully saturated rings. The summed E-state index contributed by atoms with van der Waals surface area (Å²) in [5, 5.41) is 13.6. The predicted molar refractivity (Wildman–Crippen MR) is 133 cm³/mol. The number of unbranched alkanes of at least 4 members (excludes halogenated alkanes) is 2.